The number of aliphatic hydroxyl groups excluding tert-OH is 1. The van der Waals surface area contributed by atoms with E-state index in [-0.39, 0.29) is 5.60 Å². The summed E-state index contributed by atoms with van der Waals surface area (Å²) >= 11 is 7.47. The van der Waals surface area contributed by atoms with Crippen LogP contribution in [-0.2, 0) is 11.2 Å². The van der Waals surface area contributed by atoms with Crippen LogP contribution in [0.1, 0.15) is 43.4 Å². The van der Waals surface area contributed by atoms with Crippen LogP contribution in [0.3, 0.4) is 0 Å². The van der Waals surface area contributed by atoms with Crippen LogP contribution in [0, 0.1) is 0 Å². The lowest BCUT2D eigenvalue weighted by molar-refractivity contribution is -0.110. The van der Waals surface area contributed by atoms with Crippen molar-refractivity contribution in [1.29, 1.82) is 0 Å². The highest BCUT2D eigenvalue weighted by Gasteiger charge is 2.38. The Hall–Kier alpha value is -0.0900. The van der Waals surface area contributed by atoms with E-state index < -0.39 is 6.10 Å². The highest BCUT2D eigenvalue weighted by molar-refractivity contribution is 7.16. The van der Waals surface area contributed by atoms with Gasteiger partial charge in [-0.3, -0.25) is 0 Å². The van der Waals surface area contributed by atoms with E-state index in [0.29, 0.717) is 6.42 Å². The van der Waals surface area contributed by atoms with Gasteiger partial charge < -0.3 is 9.84 Å². The number of rotatable bonds is 4. The molecule has 0 amide bonds. The molecule has 1 aromatic heterocycles. The fourth-order valence-electron chi connectivity index (χ4n) is 2.84. The van der Waals surface area contributed by atoms with Crippen LogP contribution in [0.5, 0.6) is 0 Å². The van der Waals surface area contributed by atoms with Crippen molar-refractivity contribution in [3.63, 3.8) is 0 Å². The minimum atomic E-state index is -0.435. The van der Waals surface area contributed by atoms with Gasteiger partial charge in [0.1, 0.15) is 0 Å². The van der Waals surface area contributed by atoms with E-state index in [1.807, 2.05) is 12.1 Å². The maximum Gasteiger partial charge on any atom is 0.0939 e. The molecule has 4 heteroatoms. The van der Waals surface area contributed by atoms with Crippen molar-refractivity contribution < 1.29 is 9.84 Å². The van der Waals surface area contributed by atoms with Gasteiger partial charge in [0.25, 0.3) is 0 Å². The third-order valence-electron chi connectivity index (χ3n) is 3.99. The smallest absolute Gasteiger partial charge is 0.0939 e. The van der Waals surface area contributed by atoms with Crippen LogP contribution in [0.15, 0.2) is 12.1 Å². The Morgan fingerprint density at radius 1 is 1.33 bits per heavy atom. The Kier molecular flexibility index (Phi) is 5.07. The number of hydrogen-bond acceptors (Lipinski definition) is 3. The summed E-state index contributed by atoms with van der Waals surface area (Å²) in [6.07, 6.45) is 6.94. The molecule has 1 aromatic rings. The second-order valence-electron chi connectivity index (χ2n) is 5.11. The predicted octanol–water partition coefficient (Wildman–Crippen LogP) is 4.04. The second kappa shape index (κ2) is 6.38. The first-order valence-electron chi connectivity index (χ1n) is 6.64. The molecule has 0 aliphatic heterocycles. The molecule has 0 bridgehead atoms. The van der Waals surface area contributed by atoms with Crippen molar-refractivity contribution in [3.8, 4) is 0 Å². The molecule has 1 N–H and O–H groups in total. The van der Waals surface area contributed by atoms with E-state index in [2.05, 4.69) is 0 Å². The zero-order valence-corrected chi connectivity index (χ0v) is 12.4. The fraction of sp³-hybridized carbons (Fsp3) is 0.714. The van der Waals surface area contributed by atoms with Gasteiger partial charge in [0.15, 0.2) is 0 Å². The van der Waals surface area contributed by atoms with Gasteiger partial charge in [0, 0.05) is 18.4 Å². The third kappa shape index (κ3) is 3.27. The van der Waals surface area contributed by atoms with Crippen molar-refractivity contribution >= 4 is 22.9 Å². The van der Waals surface area contributed by atoms with Gasteiger partial charge in [0.2, 0.25) is 0 Å². The molecule has 0 saturated heterocycles. The molecule has 1 fully saturated rings. The summed E-state index contributed by atoms with van der Waals surface area (Å²) in [4.78, 5) is 1.13. The minimum absolute atomic E-state index is 0.354. The molecule has 18 heavy (non-hydrogen) atoms. The van der Waals surface area contributed by atoms with Gasteiger partial charge in [-0.25, -0.2) is 0 Å². The molecule has 1 unspecified atom stereocenters. The molecule has 1 atom stereocenters. The van der Waals surface area contributed by atoms with Gasteiger partial charge >= 0.3 is 0 Å². The molecular formula is C14H21ClO2S. The van der Waals surface area contributed by atoms with Gasteiger partial charge in [-0.05, 0) is 25.0 Å². The summed E-state index contributed by atoms with van der Waals surface area (Å²) in [6.45, 7) is 0. The number of aliphatic hydroxyl groups is 1. The molecule has 1 saturated carbocycles. The molecule has 1 aliphatic rings. The van der Waals surface area contributed by atoms with Crippen LogP contribution < -0.4 is 0 Å². The van der Waals surface area contributed by atoms with Crippen molar-refractivity contribution in [2.45, 2.75) is 56.7 Å². The summed E-state index contributed by atoms with van der Waals surface area (Å²) in [5.74, 6) is 0. The van der Waals surface area contributed by atoms with E-state index in [0.717, 1.165) is 34.9 Å². The van der Waals surface area contributed by atoms with Gasteiger partial charge in [-0.2, -0.15) is 0 Å². The summed E-state index contributed by atoms with van der Waals surface area (Å²) in [5.41, 5.74) is -0.354. The largest absolute Gasteiger partial charge is 0.390 e. The van der Waals surface area contributed by atoms with E-state index in [9.17, 15) is 5.11 Å². The zero-order chi connectivity index (χ0) is 13.0. The van der Waals surface area contributed by atoms with Crippen LogP contribution in [0.4, 0.5) is 0 Å². The minimum Gasteiger partial charge on any atom is -0.390 e. The molecular weight excluding hydrogens is 268 g/mol. The number of halogens is 1. The quantitative estimate of drug-likeness (QED) is 0.847. The molecule has 1 aliphatic carbocycles. The monoisotopic (exact) mass is 288 g/mol. The molecule has 2 rings (SSSR count). The predicted molar refractivity (Wildman–Crippen MR) is 76.5 cm³/mol. The summed E-state index contributed by atoms with van der Waals surface area (Å²) in [7, 11) is 1.73. The highest BCUT2D eigenvalue weighted by atomic mass is 35.5. The second-order valence-corrected chi connectivity index (χ2v) is 6.91. The number of hydrogen-bond donors (Lipinski definition) is 1. The van der Waals surface area contributed by atoms with Gasteiger partial charge in [0.05, 0.1) is 16.0 Å². The Bertz CT molecular complexity index is 370. The molecule has 0 radical (unpaired) electrons. The molecule has 2 nitrogen and oxygen atoms in total. The van der Waals surface area contributed by atoms with E-state index >= 15 is 0 Å². The number of thiophene rings is 1. The normalized spacial score (nSPS) is 21.5. The SMILES string of the molecule is COC1(C(O)Cc2ccc(Cl)s2)CCCCCC1. The lowest BCUT2D eigenvalue weighted by Crippen LogP contribution is -2.45. The first kappa shape index (κ1) is 14.3. The lowest BCUT2D eigenvalue weighted by Gasteiger charge is -2.36. The summed E-state index contributed by atoms with van der Waals surface area (Å²) in [5, 5.41) is 10.6. The Morgan fingerprint density at radius 2 is 2.00 bits per heavy atom. The van der Waals surface area contributed by atoms with E-state index in [4.69, 9.17) is 16.3 Å². The topological polar surface area (TPSA) is 29.5 Å². The van der Waals surface area contributed by atoms with Crippen LogP contribution in [0.25, 0.3) is 0 Å². The van der Waals surface area contributed by atoms with Crippen molar-refractivity contribution in [2.75, 3.05) is 7.11 Å². The Labute approximate surface area is 118 Å². The summed E-state index contributed by atoms with van der Waals surface area (Å²) in [6, 6.07) is 3.89. The highest BCUT2D eigenvalue weighted by Crippen LogP contribution is 2.35. The van der Waals surface area contributed by atoms with Crippen LogP contribution >= 0.6 is 22.9 Å². The zero-order valence-electron chi connectivity index (χ0n) is 10.8. The maximum absolute atomic E-state index is 10.6. The van der Waals surface area contributed by atoms with E-state index in [1.165, 1.54) is 12.8 Å². The summed E-state index contributed by atoms with van der Waals surface area (Å²) < 4.78 is 6.50. The van der Waals surface area contributed by atoms with Crippen molar-refractivity contribution in [1.82, 2.24) is 0 Å². The lowest BCUT2D eigenvalue weighted by atomic mass is 9.86. The maximum atomic E-state index is 10.6. The average molecular weight is 289 g/mol. The average Bonchev–Trinajstić information content (AvgIpc) is 2.65. The van der Waals surface area contributed by atoms with Crippen molar-refractivity contribution in [3.05, 3.63) is 21.3 Å². The van der Waals surface area contributed by atoms with Crippen LogP contribution in [-0.4, -0.2) is 23.9 Å². The Balaban J connectivity index is 2.06. The standard InChI is InChI=1S/C14H21ClO2S/c1-17-14(8-4-2-3-5-9-14)12(16)10-11-6-7-13(15)18-11/h6-7,12,16H,2-5,8-10H2,1H3. The van der Waals surface area contributed by atoms with Crippen molar-refractivity contribution in [2.24, 2.45) is 0 Å². The van der Waals surface area contributed by atoms with Gasteiger partial charge in [-0.15, -0.1) is 11.3 Å². The van der Waals surface area contributed by atoms with Gasteiger partial charge in [-0.1, -0.05) is 37.3 Å². The number of methoxy groups -OCH3 is 1. The molecule has 102 valence electrons. The fourth-order valence-corrected chi connectivity index (χ4v) is 3.96. The molecule has 0 spiro atoms. The molecule has 0 aromatic carbocycles. The van der Waals surface area contributed by atoms with E-state index in [1.54, 1.807) is 18.4 Å². The first-order valence-corrected chi connectivity index (χ1v) is 7.83. The van der Waals surface area contributed by atoms with Crippen LogP contribution in [0.2, 0.25) is 4.34 Å². The molecule has 1 heterocycles. The Morgan fingerprint density at radius 3 is 2.50 bits per heavy atom. The third-order valence-corrected chi connectivity index (χ3v) is 5.24. The first-order chi connectivity index (χ1) is 8.66. The number of ether oxygens (including phenoxy) is 1.